The van der Waals surface area contributed by atoms with Crippen molar-refractivity contribution in [3.63, 3.8) is 0 Å². The Labute approximate surface area is 248 Å². The number of ether oxygens (including phenoxy) is 1. The Balaban J connectivity index is 1.55. The Bertz CT molecular complexity index is 1500. The molecular formula is C28H23Cl2IN2O6. The van der Waals surface area contributed by atoms with E-state index >= 15 is 0 Å². The third kappa shape index (κ3) is 3.35. The van der Waals surface area contributed by atoms with Crippen LogP contribution in [0.5, 0.6) is 11.5 Å². The normalized spacial score (nSPS) is 33.6. The topological polar surface area (TPSA) is 104 Å². The zero-order chi connectivity index (χ0) is 28.0. The minimum atomic E-state index is -1.90. The monoisotopic (exact) mass is 680 g/mol. The van der Waals surface area contributed by atoms with Gasteiger partial charge in [0.15, 0.2) is 21.2 Å². The lowest BCUT2D eigenvalue weighted by atomic mass is 9.56. The van der Waals surface area contributed by atoms with Crippen molar-refractivity contribution < 1.29 is 29.0 Å². The van der Waals surface area contributed by atoms with E-state index in [-0.39, 0.29) is 36.2 Å². The SMILES string of the molecule is COc1cc(C2C3=CCC4C(=O)N(c5ccccc5)C(=O)C4C3CC3(Cl)C(=O)N(C)C(=O)C23Cl)cc(I)c1O. The Morgan fingerprint density at radius 2 is 1.72 bits per heavy atom. The number of carbonyl (C=O) groups is 4. The quantitative estimate of drug-likeness (QED) is 0.226. The van der Waals surface area contributed by atoms with Crippen molar-refractivity contribution in [2.45, 2.75) is 28.5 Å². The highest BCUT2D eigenvalue weighted by Gasteiger charge is 2.76. The van der Waals surface area contributed by atoms with Gasteiger partial charge in [-0.05, 0) is 71.2 Å². The van der Waals surface area contributed by atoms with Crippen LogP contribution in [0.25, 0.3) is 0 Å². The van der Waals surface area contributed by atoms with E-state index in [1.54, 1.807) is 42.5 Å². The van der Waals surface area contributed by atoms with E-state index in [9.17, 15) is 24.3 Å². The van der Waals surface area contributed by atoms with Crippen LogP contribution in [0.1, 0.15) is 24.3 Å². The number of benzene rings is 2. The summed E-state index contributed by atoms with van der Waals surface area (Å²) in [5.74, 6) is -4.81. The number of para-hydroxylation sites is 1. The second-order valence-electron chi connectivity index (χ2n) is 10.4. The van der Waals surface area contributed by atoms with Gasteiger partial charge in [0.2, 0.25) is 11.8 Å². The van der Waals surface area contributed by atoms with Crippen molar-refractivity contribution in [1.29, 1.82) is 0 Å². The number of alkyl halides is 2. The molecule has 6 rings (SSSR count). The fourth-order valence-corrected chi connectivity index (χ4v) is 8.51. The lowest BCUT2D eigenvalue weighted by Gasteiger charge is -2.50. The van der Waals surface area contributed by atoms with Crippen molar-refractivity contribution in [3.05, 3.63) is 63.2 Å². The molecule has 8 nitrogen and oxygen atoms in total. The molecule has 0 radical (unpaired) electrons. The average Bonchev–Trinajstić information content (AvgIpc) is 3.25. The van der Waals surface area contributed by atoms with Gasteiger partial charge in [0.25, 0.3) is 11.8 Å². The number of likely N-dealkylation sites (tertiary alicyclic amines) is 1. The van der Waals surface area contributed by atoms with Gasteiger partial charge >= 0.3 is 0 Å². The number of carbonyl (C=O) groups excluding carboxylic acids is 4. The smallest absolute Gasteiger partial charge is 0.253 e. The summed E-state index contributed by atoms with van der Waals surface area (Å²) in [6, 6.07) is 12.0. The molecule has 3 fully saturated rings. The number of amides is 4. The van der Waals surface area contributed by atoms with Crippen LogP contribution in [0.15, 0.2) is 54.1 Å². The molecule has 0 bridgehead atoms. The molecule has 6 atom stereocenters. The number of hydrogen-bond donors (Lipinski definition) is 1. The first-order valence-electron chi connectivity index (χ1n) is 12.4. The Morgan fingerprint density at radius 1 is 1.03 bits per heavy atom. The summed E-state index contributed by atoms with van der Waals surface area (Å²) >= 11 is 16.3. The summed E-state index contributed by atoms with van der Waals surface area (Å²) in [6.07, 6.45) is 2.07. The molecule has 2 aromatic rings. The van der Waals surface area contributed by atoms with Crippen molar-refractivity contribution in [1.82, 2.24) is 4.90 Å². The second kappa shape index (κ2) is 8.94. The third-order valence-electron chi connectivity index (χ3n) is 8.63. The van der Waals surface area contributed by atoms with Crippen molar-refractivity contribution in [2.24, 2.45) is 17.8 Å². The number of hydrogen-bond acceptors (Lipinski definition) is 6. The minimum absolute atomic E-state index is 0.0753. The molecule has 0 aromatic heterocycles. The molecule has 202 valence electrons. The Hall–Kier alpha value is -2.63. The van der Waals surface area contributed by atoms with Gasteiger partial charge in [-0.1, -0.05) is 29.8 Å². The number of allylic oxidation sites excluding steroid dienone is 2. The van der Waals surface area contributed by atoms with Gasteiger partial charge in [0.1, 0.15) is 0 Å². The molecule has 11 heteroatoms. The summed E-state index contributed by atoms with van der Waals surface area (Å²) < 4.78 is 5.83. The molecule has 1 N–H and O–H groups in total. The summed E-state index contributed by atoms with van der Waals surface area (Å²) in [5.41, 5.74) is 1.67. The third-order valence-corrected chi connectivity index (χ3v) is 10.9. The number of anilines is 1. The maximum absolute atomic E-state index is 13.9. The minimum Gasteiger partial charge on any atom is -0.504 e. The molecule has 4 aliphatic rings. The predicted molar refractivity (Wildman–Crippen MR) is 152 cm³/mol. The highest BCUT2D eigenvalue weighted by atomic mass is 127. The number of phenols is 1. The molecule has 0 spiro atoms. The van der Waals surface area contributed by atoms with Crippen molar-refractivity contribution in [2.75, 3.05) is 19.1 Å². The Morgan fingerprint density at radius 3 is 2.38 bits per heavy atom. The van der Waals surface area contributed by atoms with Crippen LogP contribution in [-0.2, 0) is 19.2 Å². The summed E-state index contributed by atoms with van der Waals surface area (Å²) in [5, 5.41) is 10.5. The molecule has 39 heavy (non-hydrogen) atoms. The highest BCUT2D eigenvalue weighted by molar-refractivity contribution is 14.1. The molecule has 2 heterocycles. The number of nitrogens with zero attached hydrogens (tertiary/aromatic N) is 2. The zero-order valence-electron chi connectivity index (χ0n) is 20.9. The fourth-order valence-electron chi connectivity index (χ4n) is 6.87. The lowest BCUT2D eigenvalue weighted by molar-refractivity contribution is -0.138. The maximum atomic E-state index is 13.9. The molecular weight excluding hydrogens is 658 g/mol. The van der Waals surface area contributed by atoms with E-state index in [4.69, 9.17) is 27.9 Å². The van der Waals surface area contributed by atoms with Gasteiger partial charge in [0.05, 0.1) is 28.2 Å². The van der Waals surface area contributed by atoms with E-state index in [0.717, 1.165) is 4.90 Å². The first kappa shape index (κ1) is 26.6. The number of methoxy groups -OCH3 is 1. The number of imide groups is 2. The van der Waals surface area contributed by atoms with E-state index in [1.165, 1.54) is 19.1 Å². The average molecular weight is 681 g/mol. The molecule has 1 saturated carbocycles. The van der Waals surface area contributed by atoms with Crippen LogP contribution in [-0.4, -0.2) is 57.5 Å². The van der Waals surface area contributed by atoms with Gasteiger partial charge in [-0.15, -0.1) is 23.2 Å². The van der Waals surface area contributed by atoms with Gasteiger partial charge in [-0.2, -0.15) is 0 Å². The molecule has 2 saturated heterocycles. The largest absolute Gasteiger partial charge is 0.504 e. The molecule has 2 aliphatic heterocycles. The van der Waals surface area contributed by atoms with Crippen LogP contribution < -0.4 is 9.64 Å². The van der Waals surface area contributed by atoms with E-state index < -0.39 is 45.2 Å². The van der Waals surface area contributed by atoms with Gasteiger partial charge in [0, 0.05) is 13.0 Å². The maximum Gasteiger partial charge on any atom is 0.253 e. The van der Waals surface area contributed by atoms with Crippen molar-refractivity contribution in [3.8, 4) is 11.5 Å². The van der Waals surface area contributed by atoms with Crippen molar-refractivity contribution >= 4 is 75.1 Å². The highest BCUT2D eigenvalue weighted by Crippen LogP contribution is 2.65. The van der Waals surface area contributed by atoms with Crippen LogP contribution in [0.4, 0.5) is 5.69 Å². The number of rotatable bonds is 3. The first-order valence-corrected chi connectivity index (χ1v) is 14.2. The van der Waals surface area contributed by atoms with Crippen LogP contribution in [0.3, 0.4) is 0 Å². The van der Waals surface area contributed by atoms with Crippen LogP contribution >= 0.6 is 45.8 Å². The van der Waals surface area contributed by atoms with Gasteiger partial charge in [-0.3, -0.25) is 29.0 Å². The van der Waals surface area contributed by atoms with Gasteiger partial charge < -0.3 is 9.84 Å². The Kier molecular flexibility index (Phi) is 6.09. The summed E-state index contributed by atoms with van der Waals surface area (Å²) in [7, 11) is 2.75. The predicted octanol–water partition coefficient (Wildman–Crippen LogP) is 4.20. The number of halogens is 3. The van der Waals surface area contributed by atoms with Crippen LogP contribution in [0.2, 0.25) is 0 Å². The molecule has 2 aromatic carbocycles. The number of phenolic OH excluding ortho intramolecular Hbond substituents is 1. The number of aromatic hydroxyl groups is 1. The van der Waals surface area contributed by atoms with E-state index in [1.807, 2.05) is 28.7 Å². The lowest BCUT2D eigenvalue weighted by Crippen LogP contribution is -2.60. The number of fused-ring (bicyclic) bond motifs is 4. The van der Waals surface area contributed by atoms with Crippen LogP contribution in [0, 0.1) is 21.3 Å². The standard InChI is InChI=1S/C28H23Cl2IN2O6/c1-32-25(37)27(29)12-17-15(8-9-16-20(17)24(36)33(23(16)35)14-6-4-3-5-7-14)21(28(27,30)26(32)38)13-10-18(31)22(34)19(11-13)39-2/h3-8,10-11,16-17,20-21,34H,9,12H2,1-2H3. The van der Waals surface area contributed by atoms with E-state index in [0.29, 0.717) is 20.4 Å². The summed E-state index contributed by atoms with van der Waals surface area (Å²) in [4.78, 5) is 53.0. The first-order chi connectivity index (χ1) is 18.5. The molecule has 6 unspecified atom stereocenters. The fraction of sp³-hybridized carbons (Fsp3) is 0.357. The zero-order valence-corrected chi connectivity index (χ0v) is 24.5. The molecule has 2 aliphatic carbocycles. The van der Waals surface area contributed by atoms with E-state index in [2.05, 4.69) is 0 Å². The summed E-state index contributed by atoms with van der Waals surface area (Å²) in [6.45, 7) is 0. The second-order valence-corrected chi connectivity index (χ2v) is 12.8. The van der Waals surface area contributed by atoms with Gasteiger partial charge in [-0.25, -0.2) is 0 Å². The molecule has 4 amide bonds.